The van der Waals surface area contributed by atoms with Crippen LogP contribution in [0.1, 0.15) is 12.2 Å². The molecule has 3 nitrogen and oxygen atoms in total. The molecule has 112 valence electrons. The summed E-state index contributed by atoms with van der Waals surface area (Å²) in [4.78, 5) is 0. The first-order chi connectivity index (χ1) is 10.1. The van der Waals surface area contributed by atoms with Crippen molar-refractivity contribution in [2.24, 2.45) is 5.92 Å². The quantitative estimate of drug-likeness (QED) is 0.861. The van der Waals surface area contributed by atoms with E-state index in [1.165, 1.54) is 6.26 Å². The molecule has 1 saturated heterocycles. The van der Waals surface area contributed by atoms with Gasteiger partial charge in [-0.1, -0.05) is 11.6 Å². The molecule has 3 rings (SSSR count). The minimum Gasteiger partial charge on any atom is -0.465 e. The molecule has 1 aromatic carbocycles. The van der Waals surface area contributed by atoms with Crippen LogP contribution in [0.5, 0.6) is 11.5 Å². The highest BCUT2D eigenvalue weighted by molar-refractivity contribution is 6.32. The smallest absolute Gasteiger partial charge is 0.184 e. The molecule has 0 amide bonds. The number of rotatable bonds is 4. The van der Waals surface area contributed by atoms with Crippen molar-refractivity contribution < 1.29 is 17.9 Å². The van der Waals surface area contributed by atoms with Crippen molar-refractivity contribution >= 4 is 11.6 Å². The first kappa shape index (κ1) is 14.4. The van der Waals surface area contributed by atoms with Gasteiger partial charge in [-0.05, 0) is 37.6 Å². The first-order valence-corrected chi connectivity index (χ1v) is 7.11. The standard InChI is InChI=1S/C15H14ClF2NO2/c16-14-10(17)1-2-11(18)15(14)21-12-4-6-20-13(12)7-9-3-5-19-8-9/h1-2,4,6,9,19H,3,5,7-8H2. The fourth-order valence-electron chi connectivity index (χ4n) is 2.43. The second-order valence-electron chi connectivity index (χ2n) is 5.05. The topological polar surface area (TPSA) is 34.4 Å². The van der Waals surface area contributed by atoms with E-state index in [-0.39, 0.29) is 10.8 Å². The van der Waals surface area contributed by atoms with Gasteiger partial charge in [-0.3, -0.25) is 0 Å². The highest BCUT2D eigenvalue weighted by Gasteiger charge is 2.21. The van der Waals surface area contributed by atoms with Crippen LogP contribution < -0.4 is 10.1 Å². The van der Waals surface area contributed by atoms with Crippen LogP contribution in [-0.2, 0) is 6.42 Å². The maximum Gasteiger partial charge on any atom is 0.184 e. The van der Waals surface area contributed by atoms with E-state index in [1.807, 2.05) is 0 Å². The SMILES string of the molecule is Fc1ccc(F)c(Oc2ccoc2CC2CCNC2)c1Cl. The van der Waals surface area contributed by atoms with E-state index in [0.717, 1.165) is 31.6 Å². The summed E-state index contributed by atoms with van der Waals surface area (Å²) in [6, 6.07) is 3.53. The maximum atomic E-state index is 13.7. The van der Waals surface area contributed by atoms with Crippen LogP contribution in [0.2, 0.25) is 5.02 Å². The summed E-state index contributed by atoms with van der Waals surface area (Å²) < 4.78 is 38.0. The van der Waals surface area contributed by atoms with Gasteiger partial charge in [-0.25, -0.2) is 8.78 Å². The van der Waals surface area contributed by atoms with Gasteiger partial charge in [0.2, 0.25) is 0 Å². The Kier molecular flexibility index (Phi) is 4.12. The van der Waals surface area contributed by atoms with Gasteiger partial charge < -0.3 is 14.5 Å². The van der Waals surface area contributed by atoms with Gasteiger partial charge in [0.25, 0.3) is 0 Å². The molecule has 21 heavy (non-hydrogen) atoms. The molecule has 0 saturated carbocycles. The molecule has 0 bridgehead atoms. The van der Waals surface area contributed by atoms with Gasteiger partial charge in [0.15, 0.2) is 17.3 Å². The molecule has 1 N–H and O–H groups in total. The van der Waals surface area contributed by atoms with Crippen LogP contribution >= 0.6 is 11.6 Å². The fraction of sp³-hybridized carbons (Fsp3) is 0.333. The molecule has 1 aromatic heterocycles. The molecule has 2 aromatic rings. The largest absolute Gasteiger partial charge is 0.465 e. The average molecular weight is 314 g/mol. The number of nitrogens with one attached hydrogen (secondary N) is 1. The second kappa shape index (κ2) is 6.03. The Hall–Kier alpha value is -1.59. The first-order valence-electron chi connectivity index (χ1n) is 6.73. The summed E-state index contributed by atoms with van der Waals surface area (Å²) in [6.45, 7) is 1.89. The fourth-order valence-corrected chi connectivity index (χ4v) is 2.62. The number of hydrogen-bond acceptors (Lipinski definition) is 3. The molecule has 2 heterocycles. The van der Waals surface area contributed by atoms with E-state index in [2.05, 4.69) is 5.32 Å². The van der Waals surface area contributed by atoms with E-state index < -0.39 is 11.6 Å². The van der Waals surface area contributed by atoms with Crippen LogP contribution in [0.3, 0.4) is 0 Å². The van der Waals surface area contributed by atoms with Gasteiger partial charge in [0, 0.05) is 12.5 Å². The lowest BCUT2D eigenvalue weighted by Gasteiger charge is -2.11. The van der Waals surface area contributed by atoms with E-state index in [1.54, 1.807) is 6.07 Å². The Morgan fingerprint density at radius 1 is 1.29 bits per heavy atom. The highest BCUT2D eigenvalue weighted by atomic mass is 35.5. The third-order valence-corrected chi connectivity index (χ3v) is 3.91. The van der Waals surface area contributed by atoms with E-state index >= 15 is 0 Å². The van der Waals surface area contributed by atoms with Crippen molar-refractivity contribution in [2.45, 2.75) is 12.8 Å². The summed E-state index contributed by atoms with van der Waals surface area (Å²) in [6.07, 6.45) is 3.21. The predicted molar refractivity (Wildman–Crippen MR) is 74.8 cm³/mol. The van der Waals surface area contributed by atoms with E-state index in [0.29, 0.717) is 23.8 Å². The average Bonchev–Trinajstić information content (AvgIpc) is 3.12. The molecule has 6 heteroatoms. The van der Waals surface area contributed by atoms with Gasteiger partial charge >= 0.3 is 0 Å². The van der Waals surface area contributed by atoms with Crippen molar-refractivity contribution in [3.63, 3.8) is 0 Å². The second-order valence-corrected chi connectivity index (χ2v) is 5.42. The predicted octanol–water partition coefficient (Wildman–Crippen LogP) is 4.16. The Bertz CT molecular complexity index is 639. The minimum atomic E-state index is -0.724. The maximum absolute atomic E-state index is 13.7. The van der Waals surface area contributed by atoms with Crippen LogP contribution in [0.15, 0.2) is 28.9 Å². The van der Waals surface area contributed by atoms with E-state index in [9.17, 15) is 8.78 Å². The lowest BCUT2D eigenvalue weighted by Crippen LogP contribution is -2.10. The Labute approximate surface area is 125 Å². The van der Waals surface area contributed by atoms with Crippen LogP contribution in [0.4, 0.5) is 8.78 Å². The summed E-state index contributed by atoms with van der Waals surface area (Å²) >= 11 is 5.76. The van der Waals surface area contributed by atoms with Crippen molar-refractivity contribution in [1.82, 2.24) is 5.32 Å². The molecule has 1 aliphatic heterocycles. The van der Waals surface area contributed by atoms with Crippen molar-refractivity contribution in [3.8, 4) is 11.5 Å². The minimum absolute atomic E-state index is 0.316. The van der Waals surface area contributed by atoms with Gasteiger partial charge in [0.05, 0.1) is 6.26 Å². The monoisotopic (exact) mass is 313 g/mol. The number of hydrogen-bond donors (Lipinski definition) is 1. The van der Waals surface area contributed by atoms with Crippen LogP contribution in [0, 0.1) is 17.6 Å². The lowest BCUT2D eigenvalue weighted by molar-refractivity contribution is 0.397. The van der Waals surface area contributed by atoms with Crippen LogP contribution in [0.25, 0.3) is 0 Å². The summed E-state index contributed by atoms with van der Waals surface area (Å²) in [5.74, 6) is -0.318. The van der Waals surface area contributed by atoms with Crippen molar-refractivity contribution in [2.75, 3.05) is 13.1 Å². The van der Waals surface area contributed by atoms with Crippen molar-refractivity contribution in [3.05, 3.63) is 46.9 Å². The molecule has 0 radical (unpaired) electrons. The number of furan rings is 1. The Balaban J connectivity index is 1.82. The molecule has 1 unspecified atom stereocenters. The molecule has 0 aliphatic carbocycles. The van der Waals surface area contributed by atoms with Gasteiger partial charge in [-0.2, -0.15) is 0 Å². The summed E-state index contributed by atoms with van der Waals surface area (Å²) in [7, 11) is 0. The normalized spacial score (nSPS) is 18.1. The molecule has 0 spiro atoms. The van der Waals surface area contributed by atoms with Gasteiger partial charge in [-0.15, -0.1) is 0 Å². The van der Waals surface area contributed by atoms with E-state index in [4.69, 9.17) is 20.8 Å². The zero-order valence-electron chi connectivity index (χ0n) is 11.2. The molecular formula is C15H14ClF2NO2. The molecule has 1 atom stereocenters. The molecule has 1 aliphatic rings. The van der Waals surface area contributed by atoms with Crippen molar-refractivity contribution in [1.29, 1.82) is 0 Å². The zero-order chi connectivity index (χ0) is 14.8. The lowest BCUT2D eigenvalue weighted by atomic mass is 10.0. The highest BCUT2D eigenvalue weighted by Crippen LogP contribution is 2.36. The Morgan fingerprint density at radius 3 is 2.86 bits per heavy atom. The van der Waals surface area contributed by atoms with Crippen LogP contribution in [-0.4, -0.2) is 13.1 Å². The third kappa shape index (κ3) is 3.04. The number of ether oxygens (including phenoxy) is 1. The molecular weight excluding hydrogens is 300 g/mol. The Morgan fingerprint density at radius 2 is 2.10 bits per heavy atom. The molecule has 1 fully saturated rings. The number of benzene rings is 1. The third-order valence-electron chi connectivity index (χ3n) is 3.55. The van der Waals surface area contributed by atoms with Gasteiger partial charge in [0.1, 0.15) is 16.6 Å². The zero-order valence-corrected chi connectivity index (χ0v) is 11.9. The summed E-state index contributed by atoms with van der Waals surface area (Å²) in [5.41, 5.74) is 0. The number of halogens is 3. The summed E-state index contributed by atoms with van der Waals surface area (Å²) in [5, 5.41) is 2.90.